The third kappa shape index (κ3) is 4.79. The Labute approximate surface area is 118 Å². The van der Waals surface area contributed by atoms with Crippen LogP contribution in [0.3, 0.4) is 0 Å². The Hall–Kier alpha value is -0.570. The molecular formula is C16H32N2O. The highest BCUT2D eigenvalue weighted by atomic mass is 16.2. The van der Waals surface area contributed by atoms with Crippen molar-refractivity contribution in [2.24, 2.45) is 23.5 Å². The minimum absolute atomic E-state index is 0.104. The third-order valence-electron chi connectivity index (χ3n) is 4.97. The molecule has 0 radical (unpaired) electrons. The van der Waals surface area contributed by atoms with Gasteiger partial charge in [0.1, 0.15) is 0 Å². The van der Waals surface area contributed by atoms with Gasteiger partial charge in [0.15, 0.2) is 0 Å². The molecule has 2 atom stereocenters. The summed E-state index contributed by atoms with van der Waals surface area (Å²) in [4.78, 5) is 12.3. The molecular weight excluding hydrogens is 236 g/mol. The lowest BCUT2D eigenvalue weighted by Gasteiger charge is -2.35. The summed E-state index contributed by atoms with van der Waals surface area (Å²) < 4.78 is 0. The first-order valence-corrected chi connectivity index (χ1v) is 7.91. The molecule has 1 amide bonds. The molecule has 1 aliphatic rings. The SMILES string of the molecule is CC(CC1CCCCC1)C(=O)NC(C)(CN)C(C)C. The van der Waals surface area contributed by atoms with E-state index in [9.17, 15) is 4.79 Å². The van der Waals surface area contributed by atoms with Gasteiger partial charge in [-0.15, -0.1) is 0 Å². The molecule has 0 aromatic heterocycles. The van der Waals surface area contributed by atoms with Gasteiger partial charge in [0.2, 0.25) is 5.91 Å². The fourth-order valence-electron chi connectivity index (χ4n) is 2.87. The molecule has 1 rings (SSSR count). The van der Waals surface area contributed by atoms with Crippen molar-refractivity contribution in [3.63, 3.8) is 0 Å². The Morgan fingerprint density at radius 1 is 1.26 bits per heavy atom. The Morgan fingerprint density at radius 3 is 2.32 bits per heavy atom. The number of rotatable bonds is 6. The van der Waals surface area contributed by atoms with Crippen LogP contribution in [0.4, 0.5) is 0 Å². The van der Waals surface area contributed by atoms with Gasteiger partial charge in [-0.25, -0.2) is 0 Å². The van der Waals surface area contributed by atoms with Gasteiger partial charge in [-0.05, 0) is 25.2 Å². The van der Waals surface area contributed by atoms with Crippen molar-refractivity contribution in [2.75, 3.05) is 6.54 Å². The van der Waals surface area contributed by atoms with E-state index >= 15 is 0 Å². The van der Waals surface area contributed by atoms with Crippen LogP contribution in [0.1, 0.15) is 66.2 Å². The van der Waals surface area contributed by atoms with Gasteiger partial charge in [0.25, 0.3) is 0 Å². The largest absolute Gasteiger partial charge is 0.349 e. The molecule has 0 aromatic rings. The second kappa shape index (κ2) is 7.28. The van der Waals surface area contributed by atoms with Crippen LogP contribution in [-0.2, 0) is 4.79 Å². The summed E-state index contributed by atoms with van der Waals surface area (Å²) in [7, 11) is 0. The van der Waals surface area contributed by atoms with E-state index in [0.29, 0.717) is 12.5 Å². The quantitative estimate of drug-likeness (QED) is 0.778. The maximum Gasteiger partial charge on any atom is 0.223 e. The van der Waals surface area contributed by atoms with Gasteiger partial charge in [-0.3, -0.25) is 4.79 Å². The monoisotopic (exact) mass is 268 g/mol. The predicted molar refractivity (Wildman–Crippen MR) is 80.8 cm³/mol. The summed E-state index contributed by atoms with van der Waals surface area (Å²) in [6.45, 7) is 8.81. The summed E-state index contributed by atoms with van der Waals surface area (Å²) in [5.74, 6) is 1.38. The van der Waals surface area contributed by atoms with Crippen molar-refractivity contribution in [1.82, 2.24) is 5.32 Å². The van der Waals surface area contributed by atoms with Crippen LogP contribution in [0.2, 0.25) is 0 Å². The molecule has 0 heterocycles. The van der Waals surface area contributed by atoms with Crippen LogP contribution in [0.25, 0.3) is 0 Å². The van der Waals surface area contributed by atoms with Gasteiger partial charge < -0.3 is 11.1 Å². The van der Waals surface area contributed by atoms with E-state index in [0.717, 1.165) is 12.3 Å². The maximum atomic E-state index is 12.3. The van der Waals surface area contributed by atoms with E-state index in [1.165, 1.54) is 32.1 Å². The minimum atomic E-state index is -0.280. The highest BCUT2D eigenvalue weighted by Crippen LogP contribution is 2.29. The number of carbonyl (C=O) groups is 1. The van der Waals surface area contributed by atoms with Gasteiger partial charge in [0.05, 0.1) is 5.54 Å². The first kappa shape index (κ1) is 16.5. The lowest BCUT2D eigenvalue weighted by molar-refractivity contribution is -0.127. The number of carbonyl (C=O) groups excluding carboxylic acids is 1. The second-order valence-electron chi connectivity index (χ2n) is 6.91. The van der Waals surface area contributed by atoms with Gasteiger partial charge in [-0.2, -0.15) is 0 Å². The van der Waals surface area contributed by atoms with E-state index in [2.05, 4.69) is 26.1 Å². The summed E-state index contributed by atoms with van der Waals surface area (Å²) >= 11 is 0. The molecule has 0 spiro atoms. The molecule has 1 saturated carbocycles. The van der Waals surface area contributed by atoms with Crippen LogP contribution < -0.4 is 11.1 Å². The van der Waals surface area contributed by atoms with Crippen LogP contribution in [-0.4, -0.2) is 18.0 Å². The van der Waals surface area contributed by atoms with E-state index in [4.69, 9.17) is 5.73 Å². The smallest absolute Gasteiger partial charge is 0.223 e. The summed E-state index contributed by atoms with van der Waals surface area (Å²) in [5.41, 5.74) is 5.55. The summed E-state index contributed by atoms with van der Waals surface area (Å²) in [6, 6.07) is 0. The molecule has 112 valence electrons. The normalized spacial score (nSPS) is 22.0. The Kier molecular flexibility index (Phi) is 6.31. The minimum Gasteiger partial charge on any atom is -0.349 e. The van der Waals surface area contributed by atoms with E-state index < -0.39 is 0 Å². The van der Waals surface area contributed by atoms with E-state index in [1.54, 1.807) is 0 Å². The number of amides is 1. The average Bonchev–Trinajstić information content (AvgIpc) is 2.39. The zero-order chi connectivity index (χ0) is 14.5. The average molecular weight is 268 g/mol. The van der Waals surface area contributed by atoms with Crippen molar-refractivity contribution in [3.05, 3.63) is 0 Å². The molecule has 19 heavy (non-hydrogen) atoms. The van der Waals surface area contributed by atoms with Crippen molar-refractivity contribution in [1.29, 1.82) is 0 Å². The molecule has 0 saturated heterocycles. The highest BCUT2D eigenvalue weighted by molar-refractivity contribution is 5.79. The third-order valence-corrected chi connectivity index (χ3v) is 4.97. The van der Waals surface area contributed by atoms with Crippen molar-refractivity contribution < 1.29 is 4.79 Å². The first-order chi connectivity index (χ1) is 8.89. The molecule has 0 bridgehead atoms. The van der Waals surface area contributed by atoms with E-state index in [-0.39, 0.29) is 17.4 Å². The molecule has 0 aromatic carbocycles. The van der Waals surface area contributed by atoms with Gasteiger partial charge in [0, 0.05) is 12.5 Å². The Morgan fingerprint density at radius 2 is 1.84 bits per heavy atom. The number of nitrogens with one attached hydrogen (secondary N) is 1. The predicted octanol–water partition coefficient (Wildman–Crippen LogP) is 3.08. The summed E-state index contributed by atoms with van der Waals surface area (Å²) in [6.07, 6.45) is 7.68. The van der Waals surface area contributed by atoms with Gasteiger partial charge in [-0.1, -0.05) is 52.9 Å². The number of hydrogen-bond acceptors (Lipinski definition) is 2. The first-order valence-electron chi connectivity index (χ1n) is 7.91. The van der Waals surface area contributed by atoms with Crippen LogP contribution >= 0.6 is 0 Å². The number of nitrogens with two attached hydrogens (primary N) is 1. The van der Waals surface area contributed by atoms with Gasteiger partial charge >= 0.3 is 0 Å². The van der Waals surface area contributed by atoms with Crippen molar-refractivity contribution in [2.45, 2.75) is 71.8 Å². The molecule has 1 aliphatic carbocycles. The summed E-state index contributed by atoms with van der Waals surface area (Å²) in [5, 5.41) is 3.17. The number of hydrogen-bond donors (Lipinski definition) is 2. The lowest BCUT2D eigenvalue weighted by atomic mass is 9.82. The fraction of sp³-hybridized carbons (Fsp3) is 0.938. The molecule has 3 N–H and O–H groups in total. The van der Waals surface area contributed by atoms with Crippen molar-refractivity contribution in [3.8, 4) is 0 Å². The second-order valence-corrected chi connectivity index (χ2v) is 6.91. The van der Waals surface area contributed by atoms with Crippen molar-refractivity contribution >= 4 is 5.91 Å². The van der Waals surface area contributed by atoms with Crippen LogP contribution in [0, 0.1) is 17.8 Å². The molecule has 0 aliphatic heterocycles. The van der Waals surface area contributed by atoms with Crippen LogP contribution in [0.15, 0.2) is 0 Å². The molecule has 2 unspecified atom stereocenters. The highest BCUT2D eigenvalue weighted by Gasteiger charge is 2.30. The topological polar surface area (TPSA) is 55.1 Å². The molecule has 3 heteroatoms. The zero-order valence-corrected chi connectivity index (χ0v) is 13.2. The Balaban J connectivity index is 2.47. The Bertz CT molecular complexity index is 284. The van der Waals surface area contributed by atoms with Crippen LogP contribution in [0.5, 0.6) is 0 Å². The standard InChI is InChI=1S/C16H32N2O/c1-12(2)16(4,11-17)18-15(19)13(3)10-14-8-6-5-7-9-14/h12-14H,5-11,17H2,1-4H3,(H,18,19). The lowest BCUT2D eigenvalue weighted by Crippen LogP contribution is -2.56. The molecule has 3 nitrogen and oxygen atoms in total. The molecule has 1 fully saturated rings. The van der Waals surface area contributed by atoms with E-state index in [1.807, 2.05) is 6.92 Å². The maximum absolute atomic E-state index is 12.3. The zero-order valence-electron chi connectivity index (χ0n) is 13.2. The fourth-order valence-corrected chi connectivity index (χ4v) is 2.87.